The van der Waals surface area contributed by atoms with E-state index in [1.807, 2.05) is 18.5 Å². The van der Waals surface area contributed by atoms with Crippen LogP contribution in [0.2, 0.25) is 0 Å². The lowest BCUT2D eigenvalue weighted by Crippen LogP contribution is -2.13. The lowest BCUT2D eigenvalue weighted by Gasteiger charge is -2.11. The topological polar surface area (TPSA) is 64.1 Å². The van der Waals surface area contributed by atoms with Crippen LogP contribution in [0.5, 0.6) is 0 Å². The van der Waals surface area contributed by atoms with Crippen molar-refractivity contribution in [3.63, 3.8) is 0 Å². The number of aryl methyl sites for hydroxylation is 1. The second-order valence-corrected chi connectivity index (χ2v) is 3.87. The van der Waals surface area contributed by atoms with Gasteiger partial charge in [0.25, 0.3) is 0 Å². The van der Waals surface area contributed by atoms with Gasteiger partial charge in [-0.05, 0) is 27.7 Å². The Labute approximate surface area is 84.7 Å². The molecule has 3 N–H and O–H groups in total. The van der Waals surface area contributed by atoms with Crippen molar-refractivity contribution in [3.8, 4) is 0 Å². The molecule has 0 saturated heterocycles. The molecule has 0 radical (unpaired) electrons. The van der Waals surface area contributed by atoms with Gasteiger partial charge in [-0.1, -0.05) is 0 Å². The van der Waals surface area contributed by atoms with Crippen LogP contribution in [0, 0.1) is 13.8 Å². The van der Waals surface area contributed by atoms with Crippen molar-refractivity contribution in [2.75, 3.05) is 6.54 Å². The number of aromatic nitrogens is 2. The number of nitrogens with zero attached hydrogens (tertiary/aromatic N) is 2. The quantitative estimate of drug-likeness (QED) is 0.762. The normalized spacial score (nSPS) is 13.6. The van der Waals surface area contributed by atoms with Crippen LogP contribution in [0.3, 0.4) is 0 Å². The van der Waals surface area contributed by atoms with Gasteiger partial charge in [-0.3, -0.25) is 4.68 Å². The molecule has 1 rings (SSSR count). The van der Waals surface area contributed by atoms with Crippen LogP contribution in [0.4, 0.5) is 0 Å². The first kappa shape index (κ1) is 11.2. The summed E-state index contributed by atoms with van der Waals surface area (Å²) in [6.07, 6.45) is -0.595. The molecule has 1 aromatic rings. The Morgan fingerprint density at radius 3 is 2.36 bits per heavy atom. The number of nitrogens with two attached hydrogens (primary N) is 1. The molecule has 1 atom stereocenters. The van der Waals surface area contributed by atoms with Crippen molar-refractivity contribution in [2.45, 2.75) is 39.8 Å². The smallest absolute Gasteiger partial charge is 0.0947 e. The molecule has 0 aliphatic heterocycles. The molecule has 0 saturated carbocycles. The molecule has 0 fully saturated rings. The van der Waals surface area contributed by atoms with Gasteiger partial charge in [-0.15, -0.1) is 0 Å². The summed E-state index contributed by atoms with van der Waals surface area (Å²) in [6.45, 7) is 8.25. The molecule has 0 aliphatic carbocycles. The molecular formula is C10H19N3O. The minimum Gasteiger partial charge on any atom is -0.387 e. The summed E-state index contributed by atoms with van der Waals surface area (Å²) in [4.78, 5) is 0. The lowest BCUT2D eigenvalue weighted by atomic mass is 10.1. The maximum Gasteiger partial charge on any atom is 0.0947 e. The summed E-state index contributed by atoms with van der Waals surface area (Å²) < 4.78 is 1.92. The fraction of sp³-hybridized carbons (Fsp3) is 0.700. The van der Waals surface area contributed by atoms with Gasteiger partial charge < -0.3 is 10.8 Å². The number of aliphatic hydroxyl groups is 1. The molecule has 0 aliphatic rings. The van der Waals surface area contributed by atoms with Gasteiger partial charge in [-0.25, -0.2) is 0 Å². The first-order valence-electron chi connectivity index (χ1n) is 4.92. The molecular weight excluding hydrogens is 178 g/mol. The third-order valence-corrected chi connectivity index (χ3v) is 2.43. The highest BCUT2D eigenvalue weighted by molar-refractivity contribution is 5.27. The summed E-state index contributed by atoms with van der Waals surface area (Å²) in [5.74, 6) is 0. The Kier molecular flexibility index (Phi) is 3.29. The predicted octanol–water partition coefficient (Wildman–Crippen LogP) is 1.07. The number of hydrogen-bond donors (Lipinski definition) is 2. The van der Waals surface area contributed by atoms with E-state index < -0.39 is 6.10 Å². The van der Waals surface area contributed by atoms with Gasteiger partial charge in [0.2, 0.25) is 0 Å². The average molecular weight is 197 g/mol. The largest absolute Gasteiger partial charge is 0.387 e. The summed E-state index contributed by atoms with van der Waals surface area (Å²) >= 11 is 0. The average Bonchev–Trinajstić information content (AvgIpc) is 2.41. The Hall–Kier alpha value is -0.870. The predicted molar refractivity (Wildman–Crippen MR) is 56.1 cm³/mol. The maximum atomic E-state index is 9.71. The van der Waals surface area contributed by atoms with Crippen molar-refractivity contribution >= 4 is 0 Å². The highest BCUT2D eigenvalue weighted by atomic mass is 16.3. The Bertz CT molecular complexity index is 317. The molecule has 0 bridgehead atoms. The minimum absolute atomic E-state index is 0.242. The molecule has 80 valence electrons. The van der Waals surface area contributed by atoms with Gasteiger partial charge >= 0.3 is 0 Å². The van der Waals surface area contributed by atoms with Crippen LogP contribution in [0.25, 0.3) is 0 Å². The van der Waals surface area contributed by atoms with E-state index in [0.717, 1.165) is 17.0 Å². The third kappa shape index (κ3) is 1.81. The van der Waals surface area contributed by atoms with Crippen LogP contribution in [-0.4, -0.2) is 21.4 Å². The highest BCUT2D eigenvalue weighted by Gasteiger charge is 2.18. The van der Waals surface area contributed by atoms with Gasteiger partial charge in [0, 0.05) is 23.8 Å². The summed E-state index contributed by atoms with van der Waals surface area (Å²) in [5.41, 5.74) is 8.20. The second-order valence-electron chi connectivity index (χ2n) is 3.87. The SMILES string of the molecule is Cc1nn(C(C)C)c(C)c1[C@@H](O)CN. The molecule has 0 aromatic carbocycles. The zero-order valence-electron chi connectivity index (χ0n) is 9.28. The van der Waals surface area contributed by atoms with E-state index in [0.29, 0.717) is 6.04 Å². The minimum atomic E-state index is -0.595. The first-order chi connectivity index (χ1) is 6.49. The molecule has 4 heteroatoms. The van der Waals surface area contributed by atoms with Crippen molar-refractivity contribution in [1.82, 2.24) is 9.78 Å². The van der Waals surface area contributed by atoms with Crippen molar-refractivity contribution < 1.29 is 5.11 Å². The zero-order chi connectivity index (χ0) is 10.9. The van der Waals surface area contributed by atoms with Crippen LogP contribution < -0.4 is 5.73 Å². The van der Waals surface area contributed by atoms with E-state index in [-0.39, 0.29) is 6.54 Å². The molecule has 14 heavy (non-hydrogen) atoms. The molecule has 0 spiro atoms. The molecule has 4 nitrogen and oxygen atoms in total. The van der Waals surface area contributed by atoms with Crippen molar-refractivity contribution in [1.29, 1.82) is 0 Å². The summed E-state index contributed by atoms with van der Waals surface area (Å²) in [5, 5.41) is 14.1. The molecule has 1 aromatic heterocycles. The van der Waals surface area contributed by atoms with E-state index in [9.17, 15) is 5.11 Å². The highest BCUT2D eigenvalue weighted by Crippen LogP contribution is 2.22. The number of aliphatic hydroxyl groups excluding tert-OH is 1. The zero-order valence-corrected chi connectivity index (χ0v) is 9.28. The van der Waals surface area contributed by atoms with Gasteiger partial charge in [0.1, 0.15) is 0 Å². The van der Waals surface area contributed by atoms with Gasteiger partial charge in [0.05, 0.1) is 11.8 Å². The van der Waals surface area contributed by atoms with Crippen LogP contribution >= 0.6 is 0 Å². The second kappa shape index (κ2) is 4.11. The summed E-state index contributed by atoms with van der Waals surface area (Å²) in [6, 6.07) is 0.312. The third-order valence-electron chi connectivity index (χ3n) is 2.43. The van der Waals surface area contributed by atoms with E-state index >= 15 is 0 Å². The van der Waals surface area contributed by atoms with E-state index in [4.69, 9.17) is 5.73 Å². The van der Waals surface area contributed by atoms with Crippen LogP contribution in [0.15, 0.2) is 0 Å². The van der Waals surface area contributed by atoms with Crippen LogP contribution in [-0.2, 0) is 0 Å². The van der Waals surface area contributed by atoms with E-state index in [1.54, 1.807) is 0 Å². The standard InChI is InChI=1S/C10H19N3O/c1-6(2)13-8(4)10(7(3)12-13)9(14)5-11/h6,9,14H,5,11H2,1-4H3/t9-/m0/s1. The van der Waals surface area contributed by atoms with Gasteiger partial charge in [-0.2, -0.15) is 5.10 Å². The maximum absolute atomic E-state index is 9.71. The number of rotatable bonds is 3. The fourth-order valence-corrected chi connectivity index (χ4v) is 1.78. The Morgan fingerprint density at radius 1 is 1.43 bits per heavy atom. The van der Waals surface area contributed by atoms with Gasteiger partial charge in [0.15, 0.2) is 0 Å². The van der Waals surface area contributed by atoms with Crippen molar-refractivity contribution in [3.05, 3.63) is 17.0 Å². The molecule has 0 amide bonds. The lowest BCUT2D eigenvalue weighted by molar-refractivity contribution is 0.185. The number of hydrogen-bond acceptors (Lipinski definition) is 3. The molecule has 0 unspecified atom stereocenters. The fourth-order valence-electron chi connectivity index (χ4n) is 1.78. The molecule has 1 heterocycles. The van der Waals surface area contributed by atoms with E-state index in [2.05, 4.69) is 18.9 Å². The summed E-state index contributed by atoms with van der Waals surface area (Å²) in [7, 11) is 0. The van der Waals surface area contributed by atoms with E-state index in [1.165, 1.54) is 0 Å². The Balaban J connectivity index is 3.17. The Morgan fingerprint density at radius 2 is 2.00 bits per heavy atom. The monoisotopic (exact) mass is 197 g/mol. The van der Waals surface area contributed by atoms with Crippen molar-refractivity contribution in [2.24, 2.45) is 5.73 Å². The van der Waals surface area contributed by atoms with Crippen LogP contribution in [0.1, 0.15) is 42.9 Å². The first-order valence-corrected chi connectivity index (χ1v) is 4.92.